The molecule has 1 aromatic carbocycles. The molecule has 2 aromatic heterocycles. The van der Waals surface area contributed by atoms with Crippen LogP contribution in [-0.4, -0.2) is 21.8 Å². The molecule has 0 atom stereocenters. The molecule has 6 nitrogen and oxygen atoms in total. The van der Waals surface area contributed by atoms with Gasteiger partial charge in [0.15, 0.2) is 0 Å². The fourth-order valence-corrected chi connectivity index (χ4v) is 3.58. The average Bonchev–Trinajstić information content (AvgIpc) is 3.20. The van der Waals surface area contributed by atoms with Crippen molar-refractivity contribution in [2.75, 3.05) is 10.6 Å². The van der Waals surface area contributed by atoms with Gasteiger partial charge in [0, 0.05) is 22.1 Å². The minimum atomic E-state index is -0.244. The van der Waals surface area contributed by atoms with E-state index < -0.39 is 0 Å². The number of nitrogens with zero attached hydrogens (tertiary/aromatic N) is 2. The molecule has 0 bridgehead atoms. The number of amides is 2. The van der Waals surface area contributed by atoms with Crippen LogP contribution in [0.2, 0.25) is 0 Å². The summed E-state index contributed by atoms with van der Waals surface area (Å²) in [5, 5.41) is 10.9. The Labute approximate surface area is 159 Å². The lowest BCUT2D eigenvalue weighted by Gasteiger charge is -2.13. The Hall–Kier alpha value is -2.58. The molecule has 0 spiro atoms. The lowest BCUT2D eigenvalue weighted by Crippen LogP contribution is -2.15. The molecule has 0 aliphatic rings. The van der Waals surface area contributed by atoms with Crippen molar-refractivity contribution in [3.05, 3.63) is 55.4 Å². The van der Waals surface area contributed by atoms with Crippen molar-refractivity contribution < 1.29 is 9.59 Å². The molecule has 2 amide bonds. The van der Waals surface area contributed by atoms with Gasteiger partial charge in [0.2, 0.25) is 0 Å². The first-order valence-electron chi connectivity index (χ1n) is 7.91. The Morgan fingerprint density at radius 3 is 1.46 bits per heavy atom. The van der Waals surface area contributed by atoms with Crippen LogP contribution in [0.5, 0.6) is 0 Å². The zero-order valence-corrected chi connectivity index (χ0v) is 16.5. The van der Waals surface area contributed by atoms with Crippen molar-refractivity contribution in [3.8, 4) is 0 Å². The molecule has 0 aliphatic carbocycles. The number of aromatic nitrogens is 2. The summed E-state index contributed by atoms with van der Waals surface area (Å²) >= 11 is 2.87. The van der Waals surface area contributed by atoms with E-state index in [9.17, 15) is 9.59 Å². The number of carbonyl (C=O) groups is 2. The summed E-state index contributed by atoms with van der Waals surface area (Å²) in [6, 6.07) is 3.68. The van der Waals surface area contributed by atoms with E-state index in [2.05, 4.69) is 20.6 Å². The van der Waals surface area contributed by atoms with Crippen LogP contribution < -0.4 is 10.6 Å². The van der Waals surface area contributed by atoms with Crippen LogP contribution in [0.4, 0.5) is 11.4 Å². The minimum Gasteiger partial charge on any atom is -0.320 e. The highest BCUT2D eigenvalue weighted by Crippen LogP contribution is 2.25. The molecule has 2 N–H and O–H groups in total. The van der Waals surface area contributed by atoms with Gasteiger partial charge in [-0.05, 0) is 51.0 Å². The number of anilines is 2. The quantitative estimate of drug-likeness (QED) is 0.699. The van der Waals surface area contributed by atoms with Gasteiger partial charge in [0.05, 0.1) is 10.0 Å². The molecule has 8 heteroatoms. The normalized spacial score (nSPS) is 10.6. The van der Waals surface area contributed by atoms with Crippen LogP contribution in [0.1, 0.15) is 42.1 Å². The number of nitrogens with one attached hydrogen (secondary N) is 2. The van der Waals surface area contributed by atoms with E-state index in [0.29, 0.717) is 22.8 Å². The highest BCUT2D eigenvalue weighted by molar-refractivity contribution is 7.10. The van der Waals surface area contributed by atoms with Gasteiger partial charge >= 0.3 is 0 Å². The third kappa shape index (κ3) is 3.97. The number of hydrogen-bond donors (Lipinski definition) is 2. The second-order valence-electron chi connectivity index (χ2n) is 5.89. The van der Waals surface area contributed by atoms with Crippen molar-refractivity contribution in [2.24, 2.45) is 0 Å². The van der Waals surface area contributed by atoms with Gasteiger partial charge in [-0.25, -0.2) is 9.97 Å². The van der Waals surface area contributed by atoms with E-state index in [4.69, 9.17) is 0 Å². The Balaban J connectivity index is 1.77. The lowest BCUT2D eigenvalue weighted by atomic mass is 10.1. The fourth-order valence-electron chi connectivity index (χ4n) is 2.39. The number of thiazole rings is 2. The van der Waals surface area contributed by atoms with Crippen LogP contribution in [-0.2, 0) is 0 Å². The SMILES string of the molecule is Cc1nc(C(=O)Nc2cc(C)c(NC(=O)c3csc(C)n3)cc2C)cs1. The van der Waals surface area contributed by atoms with Gasteiger partial charge in [0.25, 0.3) is 11.8 Å². The lowest BCUT2D eigenvalue weighted by molar-refractivity contribution is 0.101. The molecule has 0 saturated heterocycles. The van der Waals surface area contributed by atoms with Crippen molar-refractivity contribution in [1.29, 1.82) is 0 Å². The summed E-state index contributed by atoms with van der Waals surface area (Å²) in [5.74, 6) is -0.488. The monoisotopic (exact) mass is 386 g/mol. The van der Waals surface area contributed by atoms with E-state index in [1.807, 2.05) is 39.8 Å². The van der Waals surface area contributed by atoms with E-state index in [1.54, 1.807) is 10.8 Å². The second-order valence-corrected chi connectivity index (χ2v) is 8.02. The average molecular weight is 387 g/mol. The topological polar surface area (TPSA) is 84.0 Å². The second kappa shape index (κ2) is 7.35. The highest BCUT2D eigenvalue weighted by atomic mass is 32.1. The van der Waals surface area contributed by atoms with Gasteiger partial charge in [-0.15, -0.1) is 22.7 Å². The van der Waals surface area contributed by atoms with E-state index in [1.165, 1.54) is 22.7 Å². The molecular formula is C18H18N4O2S2. The van der Waals surface area contributed by atoms with E-state index >= 15 is 0 Å². The first kappa shape index (κ1) is 18.2. The van der Waals surface area contributed by atoms with Gasteiger partial charge in [-0.2, -0.15) is 0 Å². The number of aryl methyl sites for hydroxylation is 4. The molecule has 134 valence electrons. The molecule has 0 fully saturated rings. The van der Waals surface area contributed by atoms with Gasteiger partial charge in [-0.3, -0.25) is 9.59 Å². The Morgan fingerprint density at radius 2 is 1.15 bits per heavy atom. The zero-order chi connectivity index (χ0) is 18.8. The minimum absolute atomic E-state index is 0.244. The number of rotatable bonds is 4. The summed E-state index contributed by atoms with van der Waals surface area (Å²) in [6.07, 6.45) is 0. The third-order valence-electron chi connectivity index (χ3n) is 3.77. The van der Waals surface area contributed by atoms with Crippen LogP contribution in [0, 0.1) is 27.7 Å². The summed E-state index contributed by atoms with van der Waals surface area (Å²) in [4.78, 5) is 33.0. The first-order chi connectivity index (χ1) is 12.3. The molecular weight excluding hydrogens is 368 g/mol. The Kier molecular flexibility index (Phi) is 5.15. The molecule has 0 unspecified atom stereocenters. The molecule has 0 saturated carbocycles. The van der Waals surface area contributed by atoms with Crippen LogP contribution >= 0.6 is 22.7 Å². The fraction of sp³-hybridized carbons (Fsp3) is 0.222. The molecule has 3 aromatic rings. The summed E-state index contributed by atoms with van der Waals surface area (Å²) in [6.45, 7) is 7.48. The third-order valence-corrected chi connectivity index (χ3v) is 5.32. The van der Waals surface area contributed by atoms with E-state index in [0.717, 1.165) is 21.1 Å². The number of benzene rings is 1. The van der Waals surface area contributed by atoms with Crippen molar-refractivity contribution >= 4 is 45.9 Å². The molecule has 3 rings (SSSR count). The number of hydrogen-bond acceptors (Lipinski definition) is 6. The molecule has 0 aliphatic heterocycles. The summed E-state index contributed by atoms with van der Waals surface area (Å²) < 4.78 is 0. The maximum atomic E-state index is 12.3. The smallest absolute Gasteiger partial charge is 0.275 e. The summed E-state index contributed by atoms with van der Waals surface area (Å²) in [7, 11) is 0. The van der Waals surface area contributed by atoms with Crippen LogP contribution in [0.15, 0.2) is 22.9 Å². The number of carbonyl (C=O) groups excluding carboxylic acids is 2. The molecule has 2 heterocycles. The Morgan fingerprint density at radius 1 is 0.769 bits per heavy atom. The van der Waals surface area contributed by atoms with Crippen molar-refractivity contribution in [2.45, 2.75) is 27.7 Å². The highest BCUT2D eigenvalue weighted by Gasteiger charge is 2.15. The van der Waals surface area contributed by atoms with E-state index in [-0.39, 0.29) is 11.8 Å². The van der Waals surface area contributed by atoms with Gasteiger partial charge in [0.1, 0.15) is 11.4 Å². The molecule has 0 radical (unpaired) electrons. The van der Waals surface area contributed by atoms with Gasteiger partial charge < -0.3 is 10.6 Å². The standard InChI is InChI=1S/C18H18N4O2S2/c1-9-5-14(22-18(24)16-8-26-12(4)20-16)10(2)6-13(9)21-17(23)15-7-25-11(3)19-15/h5-8H,1-4H3,(H,21,23)(H,22,24). The largest absolute Gasteiger partial charge is 0.320 e. The van der Waals surface area contributed by atoms with Gasteiger partial charge in [-0.1, -0.05) is 0 Å². The Bertz CT molecular complexity index is 911. The van der Waals surface area contributed by atoms with Crippen LogP contribution in [0.25, 0.3) is 0 Å². The first-order valence-corrected chi connectivity index (χ1v) is 9.67. The predicted molar refractivity (Wildman–Crippen MR) is 106 cm³/mol. The maximum absolute atomic E-state index is 12.3. The summed E-state index contributed by atoms with van der Waals surface area (Å²) in [5.41, 5.74) is 3.89. The maximum Gasteiger partial charge on any atom is 0.275 e. The molecule has 26 heavy (non-hydrogen) atoms. The predicted octanol–water partition coefficient (Wildman–Crippen LogP) is 4.34. The van der Waals surface area contributed by atoms with Crippen LogP contribution in [0.3, 0.4) is 0 Å². The van der Waals surface area contributed by atoms with Crippen molar-refractivity contribution in [1.82, 2.24) is 9.97 Å². The van der Waals surface area contributed by atoms with Crippen molar-refractivity contribution in [3.63, 3.8) is 0 Å². The zero-order valence-electron chi connectivity index (χ0n) is 14.8.